The molecule has 0 radical (unpaired) electrons. The fraction of sp³-hybridized carbons (Fsp3) is 0.545. The highest BCUT2D eigenvalue weighted by Gasteiger charge is 2.07. The van der Waals surface area contributed by atoms with Gasteiger partial charge >= 0.3 is 0 Å². The minimum atomic E-state index is 0.628. The Morgan fingerprint density at radius 2 is 2.21 bits per heavy atom. The molecule has 0 saturated carbocycles. The molecule has 0 spiro atoms. The first-order chi connectivity index (χ1) is 6.74. The first-order valence-corrected chi connectivity index (χ1v) is 5.10. The van der Waals surface area contributed by atoms with Crippen LogP contribution in [0.3, 0.4) is 0 Å². The molecule has 0 bridgehead atoms. The van der Waals surface area contributed by atoms with E-state index < -0.39 is 0 Å². The summed E-state index contributed by atoms with van der Waals surface area (Å²) in [7, 11) is 0. The minimum Gasteiger partial charge on any atom is -0.355 e. The van der Waals surface area contributed by atoms with Gasteiger partial charge in [-0.15, -0.1) is 0 Å². The first kappa shape index (κ1) is 11.0. The number of rotatable bonds is 5. The predicted molar refractivity (Wildman–Crippen MR) is 60.3 cm³/mol. The van der Waals surface area contributed by atoms with Crippen LogP contribution in [-0.4, -0.2) is 24.6 Å². The molecule has 0 amide bonds. The maximum atomic E-state index is 5.57. The summed E-state index contributed by atoms with van der Waals surface area (Å²) in [5.41, 5.74) is 5.57. The third-order valence-corrected chi connectivity index (χ3v) is 1.96. The third-order valence-electron chi connectivity index (χ3n) is 1.96. The molecule has 0 aliphatic rings. The second kappa shape index (κ2) is 5.60. The summed E-state index contributed by atoms with van der Waals surface area (Å²) in [6.45, 7) is 6.95. The monoisotopic (exact) mass is 193 g/mol. The lowest BCUT2D eigenvalue weighted by atomic mass is 10.2. The highest BCUT2D eigenvalue weighted by atomic mass is 15.2. The quantitative estimate of drug-likeness (QED) is 0.770. The smallest absolute Gasteiger partial charge is 0.128 e. The lowest BCUT2D eigenvalue weighted by Gasteiger charge is -2.24. The van der Waals surface area contributed by atoms with Gasteiger partial charge in [-0.1, -0.05) is 19.9 Å². The van der Waals surface area contributed by atoms with Gasteiger partial charge in [-0.2, -0.15) is 0 Å². The number of hydrogen-bond donors (Lipinski definition) is 1. The van der Waals surface area contributed by atoms with Gasteiger partial charge in [-0.25, -0.2) is 4.98 Å². The molecule has 1 heterocycles. The van der Waals surface area contributed by atoms with Crippen molar-refractivity contribution in [3.05, 3.63) is 24.4 Å². The number of nitrogens with two attached hydrogens (primary N) is 1. The molecule has 0 atom stereocenters. The van der Waals surface area contributed by atoms with Gasteiger partial charge < -0.3 is 10.6 Å². The van der Waals surface area contributed by atoms with Crippen molar-refractivity contribution in [2.45, 2.75) is 13.8 Å². The van der Waals surface area contributed by atoms with Crippen LogP contribution < -0.4 is 10.6 Å². The summed E-state index contributed by atoms with van der Waals surface area (Å²) in [5, 5.41) is 0. The Hall–Kier alpha value is -1.09. The molecular weight excluding hydrogens is 174 g/mol. The van der Waals surface area contributed by atoms with E-state index in [9.17, 15) is 0 Å². The van der Waals surface area contributed by atoms with Gasteiger partial charge in [0.15, 0.2) is 0 Å². The van der Waals surface area contributed by atoms with Crippen LogP contribution in [0.1, 0.15) is 13.8 Å². The number of aromatic nitrogens is 1. The normalized spacial score (nSPS) is 10.6. The van der Waals surface area contributed by atoms with E-state index in [1.165, 1.54) is 0 Å². The van der Waals surface area contributed by atoms with Crippen LogP contribution in [0.4, 0.5) is 5.82 Å². The van der Waals surface area contributed by atoms with Crippen LogP contribution in [0.5, 0.6) is 0 Å². The Bertz CT molecular complexity index is 246. The minimum absolute atomic E-state index is 0.628. The molecule has 1 aromatic rings. The highest BCUT2D eigenvalue weighted by Crippen LogP contribution is 2.10. The molecule has 14 heavy (non-hydrogen) atoms. The van der Waals surface area contributed by atoms with Gasteiger partial charge in [0, 0.05) is 25.8 Å². The van der Waals surface area contributed by atoms with Crippen molar-refractivity contribution < 1.29 is 0 Å². The molecule has 2 N–H and O–H groups in total. The summed E-state index contributed by atoms with van der Waals surface area (Å²) in [6, 6.07) is 5.96. The summed E-state index contributed by atoms with van der Waals surface area (Å²) < 4.78 is 0. The summed E-state index contributed by atoms with van der Waals surface area (Å²) in [4.78, 5) is 6.55. The topological polar surface area (TPSA) is 42.1 Å². The van der Waals surface area contributed by atoms with Crippen molar-refractivity contribution in [1.82, 2.24) is 4.98 Å². The van der Waals surface area contributed by atoms with E-state index in [0.29, 0.717) is 12.5 Å². The SMILES string of the molecule is CC(C)CN(CCN)c1ccccn1. The van der Waals surface area contributed by atoms with Crippen LogP contribution in [0.25, 0.3) is 0 Å². The Kier molecular flexibility index (Phi) is 4.40. The van der Waals surface area contributed by atoms with Gasteiger partial charge in [0.05, 0.1) is 0 Å². The molecule has 0 aromatic carbocycles. The molecule has 78 valence electrons. The fourth-order valence-corrected chi connectivity index (χ4v) is 1.44. The standard InChI is InChI=1S/C11H19N3/c1-10(2)9-14(8-6-12)11-5-3-4-7-13-11/h3-5,7,10H,6,8-9,12H2,1-2H3. The lowest BCUT2D eigenvalue weighted by molar-refractivity contribution is 0.607. The molecule has 1 aromatic heterocycles. The van der Waals surface area contributed by atoms with E-state index in [1.54, 1.807) is 0 Å². The van der Waals surface area contributed by atoms with Crippen molar-refractivity contribution >= 4 is 5.82 Å². The number of hydrogen-bond acceptors (Lipinski definition) is 3. The largest absolute Gasteiger partial charge is 0.355 e. The Balaban J connectivity index is 2.67. The molecule has 0 fully saturated rings. The van der Waals surface area contributed by atoms with Crippen molar-refractivity contribution in [3.63, 3.8) is 0 Å². The van der Waals surface area contributed by atoms with Gasteiger partial charge in [0.1, 0.15) is 5.82 Å². The molecule has 0 aliphatic carbocycles. The predicted octanol–water partition coefficient (Wildman–Crippen LogP) is 1.50. The Labute approximate surface area is 85.9 Å². The third kappa shape index (κ3) is 3.34. The summed E-state index contributed by atoms with van der Waals surface area (Å²) in [5.74, 6) is 1.65. The lowest BCUT2D eigenvalue weighted by Crippen LogP contribution is -2.33. The van der Waals surface area contributed by atoms with Gasteiger partial charge in [-0.3, -0.25) is 0 Å². The zero-order chi connectivity index (χ0) is 10.4. The second-order valence-electron chi connectivity index (χ2n) is 3.82. The molecule has 0 unspecified atom stereocenters. The van der Waals surface area contributed by atoms with E-state index in [0.717, 1.165) is 18.9 Å². The van der Waals surface area contributed by atoms with Gasteiger partial charge in [-0.05, 0) is 18.1 Å². The number of nitrogens with zero attached hydrogens (tertiary/aromatic N) is 2. The van der Waals surface area contributed by atoms with Crippen molar-refractivity contribution in [2.24, 2.45) is 11.7 Å². The van der Waals surface area contributed by atoms with E-state index in [4.69, 9.17) is 5.73 Å². The van der Waals surface area contributed by atoms with E-state index in [-0.39, 0.29) is 0 Å². The van der Waals surface area contributed by atoms with E-state index in [1.807, 2.05) is 24.4 Å². The van der Waals surface area contributed by atoms with Crippen LogP contribution in [-0.2, 0) is 0 Å². The molecule has 0 saturated heterocycles. The zero-order valence-corrected chi connectivity index (χ0v) is 8.98. The average Bonchev–Trinajstić information content (AvgIpc) is 2.18. The second-order valence-corrected chi connectivity index (χ2v) is 3.82. The molecule has 3 nitrogen and oxygen atoms in total. The highest BCUT2D eigenvalue weighted by molar-refractivity contribution is 5.37. The molecule has 0 aliphatic heterocycles. The first-order valence-electron chi connectivity index (χ1n) is 5.10. The Morgan fingerprint density at radius 1 is 1.43 bits per heavy atom. The van der Waals surface area contributed by atoms with Crippen LogP contribution in [0.15, 0.2) is 24.4 Å². The van der Waals surface area contributed by atoms with Crippen molar-refractivity contribution in [2.75, 3.05) is 24.5 Å². The van der Waals surface area contributed by atoms with Crippen molar-refractivity contribution in [3.8, 4) is 0 Å². The van der Waals surface area contributed by atoms with Crippen LogP contribution in [0, 0.1) is 5.92 Å². The maximum Gasteiger partial charge on any atom is 0.128 e. The summed E-state index contributed by atoms with van der Waals surface area (Å²) >= 11 is 0. The fourth-order valence-electron chi connectivity index (χ4n) is 1.44. The van der Waals surface area contributed by atoms with Crippen LogP contribution in [0.2, 0.25) is 0 Å². The van der Waals surface area contributed by atoms with E-state index in [2.05, 4.69) is 23.7 Å². The Morgan fingerprint density at radius 3 is 2.71 bits per heavy atom. The van der Waals surface area contributed by atoms with Crippen LogP contribution >= 0.6 is 0 Å². The number of anilines is 1. The van der Waals surface area contributed by atoms with Gasteiger partial charge in [0.2, 0.25) is 0 Å². The van der Waals surface area contributed by atoms with E-state index >= 15 is 0 Å². The van der Waals surface area contributed by atoms with Gasteiger partial charge in [0.25, 0.3) is 0 Å². The van der Waals surface area contributed by atoms with Crippen molar-refractivity contribution in [1.29, 1.82) is 0 Å². The number of pyridine rings is 1. The molecule has 3 heteroatoms. The maximum absolute atomic E-state index is 5.57. The summed E-state index contributed by atoms with van der Waals surface area (Å²) in [6.07, 6.45) is 1.82. The zero-order valence-electron chi connectivity index (χ0n) is 8.98. The molecule has 1 rings (SSSR count). The molecular formula is C11H19N3. The average molecular weight is 193 g/mol.